The van der Waals surface area contributed by atoms with Crippen LogP contribution in [0.25, 0.3) is 21.5 Å². The molecule has 0 bridgehead atoms. The summed E-state index contributed by atoms with van der Waals surface area (Å²) in [6.07, 6.45) is 5.29. The molecule has 118 valence electrons. The summed E-state index contributed by atoms with van der Waals surface area (Å²) in [6.45, 7) is 4.43. The van der Waals surface area contributed by atoms with Gasteiger partial charge in [-0.2, -0.15) is 0 Å². The summed E-state index contributed by atoms with van der Waals surface area (Å²) in [4.78, 5) is 8.43. The van der Waals surface area contributed by atoms with E-state index in [0.717, 1.165) is 16.5 Å². The standard InChI is InChI=1S/C21H18N2O/c1-14(2)16-5-3-15-4-6-17-13-23-21(12-20(17)19(15)11-16)24-18-7-9-22-10-8-18/h3-14H,1-2H3. The molecule has 0 N–H and O–H groups in total. The Labute approximate surface area is 140 Å². The normalized spacial score (nSPS) is 11.3. The molecule has 4 rings (SSSR count). The highest BCUT2D eigenvalue weighted by atomic mass is 16.5. The third-order valence-corrected chi connectivity index (χ3v) is 4.26. The monoisotopic (exact) mass is 314 g/mol. The number of aromatic nitrogens is 2. The second-order valence-electron chi connectivity index (χ2n) is 6.23. The van der Waals surface area contributed by atoms with Gasteiger partial charge in [-0.25, -0.2) is 4.98 Å². The van der Waals surface area contributed by atoms with Crippen molar-refractivity contribution >= 4 is 21.5 Å². The van der Waals surface area contributed by atoms with E-state index in [9.17, 15) is 0 Å². The van der Waals surface area contributed by atoms with Gasteiger partial charge in [0.2, 0.25) is 5.88 Å². The number of fused-ring (bicyclic) bond motifs is 3. The molecule has 0 aliphatic heterocycles. The minimum Gasteiger partial charge on any atom is -0.439 e. The average Bonchev–Trinajstić information content (AvgIpc) is 2.62. The average molecular weight is 314 g/mol. The fourth-order valence-electron chi connectivity index (χ4n) is 2.89. The quantitative estimate of drug-likeness (QED) is 0.455. The molecule has 0 unspecified atom stereocenters. The van der Waals surface area contributed by atoms with Crippen molar-refractivity contribution in [3.05, 3.63) is 72.7 Å². The lowest BCUT2D eigenvalue weighted by atomic mass is 9.96. The molecule has 4 aromatic rings. The maximum atomic E-state index is 5.86. The molecule has 3 nitrogen and oxygen atoms in total. The Balaban J connectivity index is 1.87. The maximum absolute atomic E-state index is 5.86. The number of hydrogen-bond donors (Lipinski definition) is 0. The first-order chi connectivity index (χ1) is 11.7. The summed E-state index contributed by atoms with van der Waals surface area (Å²) in [7, 11) is 0. The van der Waals surface area contributed by atoms with Crippen molar-refractivity contribution in [3.63, 3.8) is 0 Å². The number of ether oxygens (including phenoxy) is 1. The molecule has 0 saturated carbocycles. The van der Waals surface area contributed by atoms with E-state index in [1.54, 1.807) is 12.4 Å². The van der Waals surface area contributed by atoms with Crippen molar-refractivity contribution in [1.29, 1.82) is 0 Å². The summed E-state index contributed by atoms with van der Waals surface area (Å²) in [5, 5.41) is 4.74. The molecule has 0 spiro atoms. The van der Waals surface area contributed by atoms with Gasteiger partial charge in [-0.1, -0.05) is 44.2 Å². The van der Waals surface area contributed by atoms with Crippen LogP contribution in [-0.2, 0) is 0 Å². The third kappa shape index (κ3) is 2.69. The molecule has 3 heteroatoms. The first-order valence-corrected chi connectivity index (χ1v) is 8.11. The summed E-state index contributed by atoms with van der Waals surface area (Å²) in [5.41, 5.74) is 1.34. The van der Waals surface area contributed by atoms with E-state index in [0.29, 0.717) is 11.8 Å². The summed E-state index contributed by atoms with van der Waals surface area (Å²) in [5.74, 6) is 1.83. The van der Waals surface area contributed by atoms with Crippen LogP contribution >= 0.6 is 0 Å². The van der Waals surface area contributed by atoms with Crippen molar-refractivity contribution in [1.82, 2.24) is 9.97 Å². The second kappa shape index (κ2) is 5.93. The van der Waals surface area contributed by atoms with Crippen molar-refractivity contribution in [2.75, 3.05) is 0 Å². The number of benzene rings is 2. The topological polar surface area (TPSA) is 35.0 Å². The number of pyridine rings is 2. The number of hydrogen-bond acceptors (Lipinski definition) is 3. The van der Waals surface area contributed by atoms with Crippen LogP contribution in [0.15, 0.2) is 67.1 Å². The summed E-state index contributed by atoms with van der Waals surface area (Å²) >= 11 is 0. The molecule has 2 aromatic heterocycles. The van der Waals surface area contributed by atoms with Crippen molar-refractivity contribution in [3.8, 4) is 11.6 Å². The van der Waals surface area contributed by atoms with Gasteiger partial charge in [-0.05, 0) is 39.8 Å². The lowest BCUT2D eigenvalue weighted by Gasteiger charge is -2.10. The Kier molecular flexibility index (Phi) is 3.62. The third-order valence-electron chi connectivity index (χ3n) is 4.26. The zero-order valence-corrected chi connectivity index (χ0v) is 13.7. The van der Waals surface area contributed by atoms with E-state index in [4.69, 9.17) is 4.74 Å². The lowest BCUT2D eigenvalue weighted by molar-refractivity contribution is 0.463. The van der Waals surface area contributed by atoms with Crippen LogP contribution in [-0.4, -0.2) is 9.97 Å². The molecule has 0 amide bonds. The molecule has 0 aliphatic carbocycles. The molecular weight excluding hydrogens is 296 g/mol. The minimum absolute atomic E-state index is 0.499. The van der Waals surface area contributed by atoms with Gasteiger partial charge in [0.1, 0.15) is 5.75 Å². The lowest BCUT2D eigenvalue weighted by Crippen LogP contribution is -1.90. The Morgan fingerprint density at radius 2 is 1.54 bits per heavy atom. The number of nitrogens with zero attached hydrogens (tertiary/aromatic N) is 2. The first kappa shape index (κ1) is 14.6. The maximum Gasteiger partial charge on any atom is 0.219 e. The van der Waals surface area contributed by atoms with Crippen LogP contribution in [0.1, 0.15) is 25.3 Å². The van der Waals surface area contributed by atoms with Crippen LogP contribution < -0.4 is 4.74 Å². The van der Waals surface area contributed by atoms with Crippen molar-refractivity contribution in [2.45, 2.75) is 19.8 Å². The zero-order chi connectivity index (χ0) is 16.5. The molecule has 2 heterocycles. The van der Waals surface area contributed by atoms with E-state index in [-0.39, 0.29) is 0 Å². The Morgan fingerprint density at radius 3 is 2.33 bits per heavy atom. The predicted octanol–water partition coefficient (Wildman–Crippen LogP) is 5.70. The highest BCUT2D eigenvalue weighted by Crippen LogP contribution is 2.31. The van der Waals surface area contributed by atoms with Crippen LogP contribution in [0, 0.1) is 0 Å². The highest BCUT2D eigenvalue weighted by molar-refractivity contribution is 6.07. The van der Waals surface area contributed by atoms with Gasteiger partial charge >= 0.3 is 0 Å². The molecular formula is C21H18N2O. The smallest absolute Gasteiger partial charge is 0.219 e. The van der Waals surface area contributed by atoms with E-state index in [1.807, 2.05) is 24.4 Å². The van der Waals surface area contributed by atoms with E-state index < -0.39 is 0 Å². The fraction of sp³-hybridized carbons (Fsp3) is 0.143. The van der Waals surface area contributed by atoms with Gasteiger partial charge in [0.05, 0.1) is 0 Å². The Hall–Kier alpha value is -2.94. The molecule has 0 saturated heterocycles. The van der Waals surface area contributed by atoms with E-state index in [2.05, 4.69) is 54.1 Å². The first-order valence-electron chi connectivity index (χ1n) is 8.11. The van der Waals surface area contributed by atoms with Gasteiger partial charge < -0.3 is 4.74 Å². The fourth-order valence-corrected chi connectivity index (χ4v) is 2.89. The second-order valence-corrected chi connectivity index (χ2v) is 6.23. The largest absolute Gasteiger partial charge is 0.439 e. The zero-order valence-electron chi connectivity index (χ0n) is 13.7. The van der Waals surface area contributed by atoms with Gasteiger partial charge in [0.15, 0.2) is 0 Å². The van der Waals surface area contributed by atoms with Crippen LogP contribution in [0.4, 0.5) is 0 Å². The SMILES string of the molecule is CC(C)c1ccc2ccc3cnc(Oc4ccncc4)cc3c2c1. The number of rotatable bonds is 3. The Bertz CT molecular complexity index is 1010. The molecule has 0 fully saturated rings. The summed E-state index contributed by atoms with van der Waals surface area (Å²) in [6, 6.07) is 16.6. The van der Waals surface area contributed by atoms with E-state index in [1.165, 1.54) is 16.3 Å². The van der Waals surface area contributed by atoms with E-state index >= 15 is 0 Å². The van der Waals surface area contributed by atoms with Crippen molar-refractivity contribution < 1.29 is 4.74 Å². The molecule has 2 aromatic carbocycles. The van der Waals surface area contributed by atoms with Crippen molar-refractivity contribution in [2.24, 2.45) is 0 Å². The van der Waals surface area contributed by atoms with Gasteiger partial charge in [0.25, 0.3) is 0 Å². The van der Waals surface area contributed by atoms with Gasteiger partial charge in [0, 0.05) is 30.0 Å². The van der Waals surface area contributed by atoms with Crippen LogP contribution in [0.5, 0.6) is 11.6 Å². The molecule has 24 heavy (non-hydrogen) atoms. The molecule has 0 aliphatic rings. The molecule has 0 atom stereocenters. The van der Waals surface area contributed by atoms with Crippen LogP contribution in [0.3, 0.4) is 0 Å². The van der Waals surface area contributed by atoms with Gasteiger partial charge in [-0.3, -0.25) is 4.98 Å². The Morgan fingerprint density at radius 1 is 0.833 bits per heavy atom. The minimum atomic E-state index is 0.499. The van der Waals surface area contributed by atoms with Crippen LogP contribution in [0.2, 0.25) is 0 Å². The molecule has 0 radical (unpaired) electrons. The summed E-state index contributed by atoms with van der Waals surface area (Å²) < 4.78 is 5.86. The predicted molar refractivity (Wildman–Crippen MR) is 97.6 cm³/mol. The van der Waals surface area contributed by atoms with Gasteiger partial charge in [-0.15, -0.1) is 0 Å². The highest BCUT2D eigenvalue weighted by Gasteiger charge is 2.07.